The molecule has 5 nitrogen and oxygen atoms in total. The minimum Gasteiger partial charge on any atom is -0.365 e. The van der Waals surface area contributed by atoms with E-state index in [0.717, 1.165) is 16.0 Å². The Hall–Kier alpha value is -2.22. The van der Waals surface area contributed by atoms with Crippen molar-refractivity contribution in [2.45, 2.75) is 13.8 Å². The molecule has 0 aliphatic heterocycles. The minimum absolute atomic E-state index is 0.0921. The molecule has 2 aromatic rings. The van der Waals surface area contributed by atoms with Crippen LogP contribution in [0, 0.1) is 13.8 Å². The number of carbonyl (C=O) groups is 2. The zero-order valence-electron chi connectivity index (χ0n) is 13.6. The Kier molecular flexibility index (Phi) is 6.30. The van der Waals surface area contributed by atoms with E-state index in [2.05, 4.69) is 10.6 Å². The highest BCUT2D eigenvalue weighted by Gasteiger charge is 2.18. The van der Waals surface area contributed by atoms with Crippen LogP contribution in [0.3, 0.4) is 0 Å². The highest BCUT2D eigenvalue weighted by atomic mass is 35.5. The predicted octanol–water partition coefficient (Wildman–Crippen LogP) is 3.64. The molecule has 2 amide bonds. The number of hydrogen-bond donors (Lipinski definition) is 3. The normalized spacial score (nSPS) is 10.7. The van der Waals surface area contributed by atoms with Crippen LogP contribution in [-0.2, 0) is 4.79 Å². The third-order valence-corrected chi connectivity index (χ3v) is 4.97. The van der Waals surface area contributed by atoms with E-state index in [0.29, 0.717) is 15.6 Å². The summed E-state index contributed by atoms with van der Waals surface area (Å²) in [6.45, 7) is 3.70. The number of thiocarbonyl (C=S) groups is 1. The highest BCUT2D eigenvalue weighted by molar-refractivity contribution is 7.80. The standard InChI is InChI=1S/C17H16ClN3O2S2/c1-9-10(2)25-16(14(9)15(19)23)21-17(24)20-13(22)8-5-11-3-6-12(18)7-4-11/h3-8H,1-2H3,(H2,19,23)(H2,20,21,22,24)/b8-5+. The molecular weight excluding hydrogens is 378 g/mol. The van der Waals surface area contributed by atoms with Crippen molar-refractivity contribution >= 4 is 63.2 Å². The monoisotopic (exact) mass is 393 g/mol. The zero-order valence-corrected chi connectivity index (χ0v) is 15.9. The zero-order chi connectivity index (χ0) is 18.6. The molecule has 0 saturated carbocycles. The molecule has 1 heterocycles. The largest absolute Gasteiger partial charge is 0.365 e. The molecule has 4 N–H and O–H groups in total. The number of carbonyl (C=O) groups excluding carboxylic acids is 2. The van der Waals surface area contributed by atoms with Gasteiger partial charge in [0, 0.05) is 16.0 Å². The number of nitrogens with one attached hydrogen (secondary N) is 2. The molecule has 1 aromatic carbocycles. The summed E-state index contributed by atoms with van der Waals surface area (Å²) >= 11 is 12.3. The summed E-state index contributed by atoms with van der Waals surface area (Å²) in [5, 5.41) is 6.62. The first-order valence-electron chi connectivity index (χ1n) is 7.23. The molecule has 0 atom stereocenters. The molecule has 0 fully saturated rings. The van der Waals surface area contributed by atoms with E-state index < -0.39 is 11.8 Å². The molecule has 0 radical (unpaired) electrons. The summed E-state index contributed by atoms with van der Waals surface area (Å²) in [5.74, 6) is -0.931. The SMILES string of the molecule is Cc1sc(NC(=S)NC(=O)/C=C/c2ccc(Cl)cc2)c(C(N)=O)c1C. The molecule has 0 aliphatic rings. The number of primary amides is 1. The topological polar surface area (TPSA) is 84.2 Å². The maximum atomic E-state index is 11.9. The van der Waals surface area contributed by atoms with Gasteiger partial charge in [-0.2, -0.15) is 0 Å². The minimum atomic E-state index is -0.541. The number of anilines is 1. The third-order valence-electron chi connectivity index (χ3n) is 3.39. The van der Waals surface area contributed by atoms with E-state index in [-0.39, 0.29) is 5.11 Å². The predicted molar refractivity (Wildman–Crippen MR) is 107 cm³/mol. The van der Waals surface area contributed by atoms with Crippen molar-refractivity contribution < 1.29 is 9.59 Å². The number of nitrogens with two attached hydrogens (primary N) is 1. The van der Waals surface area contributed by atoms with Crippen LogP contribution in [0.5, 0.6) is 0 Å². The summed E-state index contributed by atoms with van der Waals surface area (Å²) in [6.07, 6.45) is 3.00. The maximum Gasteiger partial charge on any atom is 0.251 e. The van der Waals surface area contributed by atoms with Gasteiger partial charge in [0.25, 0.3) is 5.91 Å². The van der Waals surface area contributed by atoms with Gasteiger partial charge in [-0.15, -0.1) is 11.3 Å². The van der Waals surface area contributed by atoms with Crippen molar-refractivity contribution in [1.29, 1.82) is 0 Å². The second-order valence-corrected chi connectivity index (χ2v) is 7.25. The highest BCUT2D eigenvalue weighted by Crippen LogP contribution is 2.31. The first-order valence-corrected chi connectivity index (χ1v) is 8.83. The van der Waals surface area contributed by atoms with E-state index in [1.807, 2.05) is 13.8 Å². The third kappa shape index (κ3) is 5.12. The van der Waals surface area contributed by atoms with Gasteiger partial charge in [-0.25, -0.2) is 0 Å². The lowest BCUT2D eigenvalue weighted by Crippen LogP contribution is -2.33. The first kappa shape index (κ1) is 19.1. The summed E-state index contributed by atoms with van der Waals surface area (Å²) < 4.78 is 0. The molecule has 0 unspecified atom stereocenters. The fraction of sp³-hybridized carbons (Fsp3) is 0.118. The Morgan fingerprint density at radius 1 is 1.24 bits per heavy atom. The van der Waals surface area contributed by atoms with Crippen LogP contribution in [0.25, 0.3) is 6.08 Å². The smallest absolute Gasteiger partial charge is 0.251 e. The Balaban J connectivity index is 2.00. The fourth-order valence-corrected chi connectivity index (χ4v) is 3.51. The van der Waals surface area contributed by atoms with E-state index in [9.17, 15) is 9.59 Å². The molecule has 2 rings (SSSR count). The van der Waals surface area contributed by atoms with Crippen LogP contribution >= 0.6 is 35.2 Å². The molecule has 0 saturated heterocycles. The van der Waals surface area contributed by atoms with E-state index in [1.165, 1.54) is 17.4 Å². The summed E-state index contributed by atoms with van der Waals surface area (Å²) in [5.41, 5.74) is 7.42. The number of hydrogen-bond acceptors (Lipinski definition) is 4. The summed E-state index contributed by atoms with van der Waals surface area (Å²) in [4.78, 5) is 24.5. The summed E-state index contributed by atoms with van der Waals surface area (Å²) in [6, 6.07) is 7.05. The van der Waals surface area contributed by atoms with Gasteiger partial charge in [0.2, 0.25) is 5.91 Å². The Labute approximate surface area is 159 Å². The number of halogens is 1. The maximum absolute atomic E-state index is 11.9. The van der Waals surface area contributed by atoms with Crippen molar-refractivity contribution in [2.75, 3.05) is 5.32 Å². The number of amides is 2. The lowest BCUT2D eigenvalue weighted by atomic mass is 10.1. The van der Waals surface area contributed by atoms with Crippen molar-refractivity contribution in [2.24, 2.45) is 5.73 Å². The van der Waals surface area contributed by atoms with Gasteiger partial charge in [-0.05, 0) is 55.4 Å². The molecule has 1 aromatic heterocycles. The molecule has 8 heteroatoms. The van der Waals surface area contributed by atoms with Crippen LogP contribution < -0.4 is 16.4 Å². The molecular formula is C17H16ClN3O2S2. The number of thiophene rings is 1. The second-order valence-electron chi connectivity index (χ2n) is 5.18. The van der Waals surface area contributed by atoms with Gasteiger partial charge >= 0.3 is 0 Å². The fourth-order valence-electron chi connectivity index (χ4n) is 2.05. The van der Waals surface area contributed by atoms with Crippen LogP contribution in [-0.4, -0.2) is 16.9 Å². The molecule has 25 heavy (non-hydrogen) atoms. The van der Waals surface area contributed by atoms with Gasteiger partial charge in [0.1, 0.15) is 5.00 Å². The quantitative estimate of drug-likeness (QED) is 0.547. The molecule has 0 aliphatic carbocycles. The van der Waals surface area contributed by atoms with E-state index >= 15 is 0 Å². The molecule has 0 bridgehead atoms. The molecule has 130 valence electrons. The van der Waals surface area contributed by atoms with E-state index in [4.69, 9.17) is 29.6 Å². The van der Waals surface area contributed by atoms with Gasteiger partial charge < -0.3 is 11.1 Å². The first-order chi connectivity index (χ1) is 11.8. The van der Waals surface area contributed by atoms with Gasteiger partial charge in [0.15, 0.2) is 5.11 Å². The van der Waals surface area contributed by atoms with Crippen molar-refractivity contribution in [3.8, 4) is 0 Å². The Bertz CT molecular complexity index is 858. The van der Waals surface area contributed by atoms with E-state index in [1.54, 1.807) is 30.3 Å². The lowest BCUT2D eigenvalue weighted by Gasteiger charge is -2.07. The Morgan fingerprint density at radius 3 is 2.48 bits per heavy atom. The number of rotatable bonds is 4. The van der Waals surface area contributed by atoms with Crippen molar-refractivity contribution in [3.05, 3.63) is 56.9 Å². The summed E-state index contributed by atoms with van der Waals surface area (Å²) in [7, 11) is 0. The average molecular weight is 394 g/mol. The van der Waals surface area contributed by atoms with Crippen molar-refractivity contribution in [3.63, 3.8) is 0 Å². The number of benzene rings is 1. The second kappa shape index (κ2) is 8.24. The van der Waals surface area contributed by atoms with Gasteiger partial charge in [0.05, 0.1) is 5.56 Å². The molecule has 0 spiro atoms. The van der Waals surface area contributed by atoms with Gasteiger partial charge in [-0.3, -0.25) is 14.9 Å². The lowest BCUT2D eigenvalue weighted by molar-refractivity contribution is -0.115. The van der Waals surface area contributed by atoms with Crippen LogP contribution in [0.4, 0.5) is 5.00 Å². The van der Waals surface area contributed by atoms with Crippen LogP contribution in [0.2, 0.25) is 5.02 Å². The van der Waals surface area contributed by atoms with Crippen molar-refractivity contribution in [1.82, 2.24) is 5.32 Å². The average Bonchev–Trinajstić information content (AvgIpc) is 2.80. The Morgan fingerprint density at radius 2 is 1.88 bits per heavy atom. The van der Waals surface area contributed by atoms with Crippen LogP contribution in [0.1, 0.15) is 26.4 Å². The van der Waals surface area contributed by atoms with Crippen LogP contribution in [0.15, 0.2) is 30.3 Å². The number of aryl methyl sites for hydroxylation is 1. The van der Waals surface area contributed by atoms with Gasteiger partial charge in [-0.1, -0.05) is 23.7 Å².